The summed E-state index contributed by atoms with van der Waals surface area (Å²) < 4.78 is 0. The second-order valence-corrected chi connectivity index (χ2v) is 4.21. The van der Waals surface area contributed by atoms with E-state index in [4.69, 9.17) is 14.9 Å². The van der Waals surface area contributed by atoms with Crippen molar-refractivity contribution in [3.05, 3.63) is 35.9 Å². The zero-order valence-electron chi connectivity index (χ0n) is 10.6. The molecule has 1 N–H and O–H groups in total. The lowest BCUT2D eigenvalue weighted by Crippen LogP contribution is -2.14. The predicted molar refractivity (Wildman–Crippen MR) is 67.4 cm³/mol. The number of hydrogen-bond donors (Lipinski definition) is 1. The van der Waals surface area contributed by atoms with E-state index in [0.717, 1.165) is 12.0 Å². The molecule has 0 spiro atoms. The van der Waals surface area contributed by atoms with Crippen molar-refractivity contribution >= 4 is 0 Å². The molecule has 3 nitrogen and oxygen atoms in total. The quantitative estimate of drug-likeness (QED) is 0.429. The van der Waals surface area contributed by atoms with Gasteiger partial charge in [-0.25, -0.2) is 9.78 Å². The Balaban J connectivity index is 2.55. The molecular formula is C14H22O3. The largest absolute Gasteiger partial charge is 0.396 e. The van der Waals surface area contributed by atoms with E-state index in [1.54, 1.807) is 0 Å². The molecule has 0 saturated heterocycles. The molecule has 1 rings (SSSR count). The lowest BCUT2D eigenvalue weighted by atomic mass is 9.95. The first-order chi connectivity index (χ1) is 8.29. The molecule has 0 fully saturated rings. The molecule has 2 unspecified atom stereocenters. The van der Waals surface area contributed by atoms with Gasteiger partial charge < -0.3 is 5.11 Å². The van der Waals surface area contributed by atoms with Crippen molar-refractivity contribution in [2.75, 3.05) is 13.2 Å². The lowest BCUT2D eigenvalue weighted by molar-refractivity contribution is -0.337. The van der Waals surface area contributed by atoms with Gasteiger partial charge in [0, 0.05) is 6.61 Å². The van der Waals surface area contributed by atoms with Crippen molar-refractivity contribution < 1.29 is 14.9 Å². The van der Waals surface area contributed by atoms with Gasteiger partial charge in [-0.3, -0.25) is 0 Å². The Kier molecular flexibility index (Phi) is 6.86. The summed E-state index contributed by atoms with van der Waals surface area (Å²) in [5.41, 5.74) is 1.13. The van der Waals surface area contributed by atoms with Gasteiger partial charge in [-0.05, 0) is 17.9 Å². The van der Waals surface area contributed by atoms with Gasteiger partial charge in [0.25, 0.3) is 0 Å². The third-order valence-electron chi connectivity index (χ3n) is 2.85. The Bertz CT molecular complexity index is 287. The van der Waals surface area contributed by atoms with Gasteiger partial charge >= 0.3 is 0 Å². The first kappa shape index (κ1) is 14.2. The van der Waals surface area contributed by atoms with Crippen LogP contribution in [0.3, 0.4) is 0 Å². The van der Waals surface area contributed by atoms with Crippen LogP contribution in [0.25, 0.3) is 0 Å². The highest BCUT2D eigenvalue weighted by Crippen LogP contribution is 2.28. The molecule has 0 aromatic heterocycles. The minimum atomic E-state index is -0.0418. The van der Waals surface area contributed by atoms with Crippen LogP contribution in [0, 0.1) is 5.92 Å². The number of rotatable bonds is 8. The van der Waals surface area contributed by atoms with Crippen LogP contribution < -0.4 is 0 Å². The van der Waals surface area contributed by atoms with Crippen LogP contribution in [0.15, 0.2) is 30.3 Å². The maximum atomic E-state index is 8.67. The molecule has 96 valence electrons. The fraction of sp³-hybridized carbons (Fsp3) is 0.571. The highest BCUT2D eigenvalue weighted by atomic mass is 17.2. The van der Waals surface area contributed by atoms with Gasteiger partial charge in [0.2, 0.25) is 0 Å². The Hall–Kier alpha value is -0.900. The normalized spacial score (nSPS) is 14.5. The van der Waals surface area contributed by atoms with Crippen LogP contribution in [-0.4, -0.2) is 18.3 Å². The van der Waals surface area contributed by atoms with E-state index in [-0.39, 0.29) is 12.7 Å². The number of aliphatic hydroxyl groups is 1. The van der Waals surface area contributed by atoms with Gasteiger partial charge in [-0.2, -0.15) is 0 Å². The molecule has 1 aromatic rings. The van der Waals surface area contributed by atoms with Crippen LogP contribution in [0.5, 0.6) is 0 Å². The molecule has 2 atom stereocenters. The summed E-state index contributed by atoms with van der Waals surface area (Å²) in [7, 11) is 0. The summed E-state index contributed by atoms with van der Waals surface area (Å²) in [5.74, 6) is 0.395. The number of hydrogen-bond acceptors (Lipinski definition) is 3. The average Bonchev–Trinajstić information content (AvgIpc) is 2.39. The topological polar surface area (TPSA) is 38.7 Å². The van der Waals surface area contributed by atoms with Gasteiger partial charge in [-0.15, -0.1) is 0 Å². The minimum absolute atomic E-state index is 0.0418. The maximum Gasteiger partial charge on any atom is 0.120 e. The van der Waals surface area contributed by atoms with Crippen molar-refractivity contribution in [2.24, 2.45) is 5.92 Å². The first-order valence-corrected chi connectivity index (χ1v) is 6.23. The monoisotopic (exact) mass is 238 g/mol. The second-order valence-electron chi connectivity index (χ2n) is 4.21. The Morgan fingerprint density at radius 3 is 2.53 bits per heavy atom. The summed E-state index contributed by atoms with van der Waals surface area (Å²) in [4.78, 5) is 10.6. The zero-order chi connectivity index (χ0) is 12.5. The van der Waals surface area contributed by atoms with Crippen LogP contribution in [0.4, 0.5) is 0 Å². The van der Waals surface area contributed by atoms with Gasteiger partial charge in [0.15, 0.2) is 0 Å². The fourth-order valence-corrected chi connectivity index (χ4v) is 1.58. The Morgan fingerprint density at radius 2 is 1.94 bits per heavy atom. The molecular weight excluding hydrogens is 216 g/mol. The summed E-state index contributed by atoms with van der Waals surface area (Å²) in [5, 5.41) is 8.67. The summed E-state index contributed by atoms with van der Waals surface area (Å²) in [6, 6.07) is 10.1. The zero-order valence-corrected chi connectivity index (χ0v) is 10.6. The van der Waals surface area contributed by atoms with E-state index in [1.807, 2.05) is 30.3 Å². The van der Waals surface area contributed by atoms with E-state index in [2.05, 4.69) is 13.8 Å². The van der Waals surface area contributed by atoms with Crippen molar-refractivity contribution in [3.8, 4) is 0 Å². The highest BCUT2D eigenvalue weighted by molar-refractivity contribution is 5.17. The third-order valence-corrected chi connectivity index (χ3v) is 2.85. The molecule has 17 heavy (non-hydrogen) atoms. The van der Waals surface area contributed by atoms with Gasteiger partial charge in [0.05, 0.1) is 6.61 Å². The van der Waals surface area contributed by atoms with E-state index < -0.39 is 0 Å². The predicted octanol–water partition coefficient (Wildman–Crippen LogP) is 3.10. The van der Waals surface area contributed by atoms with E-state index in [1.165, 1.54) is 0 Å². The molecule has 3 heteroatoms. The molecule has 0 radical (unpaired) electrons. The molecule has 0 aliphatic rings. The van der Waals surface area contributed by atoms with Crippen LogP contribution in [-0.2, 0) is 9.78 Å². The number of aliphatic hydroxyl groups excluding tert-OH is 1. The molecule has 1 aromatic carbocycles. The molecule has 0 saturated carbocycles. The summed E-state index contributed by atoms with van der Waals surface area (Å²) >= 11 is 0. The van der Waals surface area contributed by atoms with Crippen molar-refractivity contribution in [2.45, 2.75) is 32.8 Å². The van der Waals surface area contributed by atoms with Crippen LogP contribution in [0.2, 0.25) is 0 Å². The Labute approximate surface area is 103 Å². The van der Waals surface area contributed by atoms with E-state index in [0.29, 0.717) is 18.9 Å². The SMILES string of the molecule is CCC(C)C(OOCCCO)c1ccccc1. The standard InChI is InChI=1S/C14H22O3/c1-3-12(2)14(17-16-11-7-10-15)13-8-5-4-6-9-13/h4-6,8-9,12,14-15H,3,7,10-11H2,1-2H3. The summed E-state index contributed by atoms with van der Waals surface area (Å²) in [6.45, 7) is 4.84. The van der Waals surface area contributed by atoms with E-state index >= 15 is 0 Å². The molecule has 0 aliphatic heterocycles. The molecule has 0 bridgehead atoms. The average molecular weight is 238 g/mol. The maximum absolute atomic E-state index is 8.67. The minimum Gasteiger partial charge on any atom is -0.396 e. The lowest BCUT2D eigenvalue weighted by Gasteiger charge is -2.22. The number of benzene rings is 1. The van der Waals surface area contributed by atoms with Crippen molar-refractivity contribution in [1.29, 1.82) is 0 Å². The van der Waals surface area contributed by atoms with Crippen LogP contribution in [0.1, 0.15) is 38.4 Å². The van der Waals surface area contributed by atoms with E-state index in [9.17, 15) is 0 Å². The van der Waals surface area contributed by atoms with Crippen molar-refractivity contribution in [1.82, 2.24) is 0 Å². The fourth-order valence-electron chi connectivity index (χ4n) is 1.58. The smallest absolute Gasteiger partial charge is 0.120 e. The second kappa shape index (κ2) is 8.23. The van der Waals surface area contributed by atoms with Crippen molar-refractivity contribution in [3.63, 3.8) is 0 Å². The Morgan fingerprint density at radius 1 is 1.24 bits per heavy atom. The molecule has 0 amide bonds. The van der Waals surface area contributed by atoms with Gasteiger partial charge in [0.1, 0.15) is 6.10 Å². The third kappa shape index (κ3) is 4.86. The van der Waals surface area contributed by atoms with Crippen LogP contribution >= 0.6 is 0 Å². The molecule has 0 heterocycles. The van der Waals surface area contributed by atoms with Gasteiger partial charge in [-0.1, -0.05) is 50.6 Å². The first-order valence-electron chi connectivity index (χ1n) is 6.23. The molecule has 0 aliphatic carbocycles. The highest BCUT2D eigenvalue weighted by Gasteiger charge is 2.19. The summed E-state index contributed by atoms with van der Waals surface area (Å²) in [6.07, 6.45) is 1.59.